The van der Waals surface area contributed by atoms with Gasteiger partial charge < -0.3 is 5.32 Å². The fourth-order valence-electron chi connectivity index (χ4n) is 1.23. The van der Waals surface area contributed by atoms with Crippen molar-refractivity contribution >= 4 is 11.4 Å². The van der Waals surface area contributed by atoms with Gasteiger partial charge in [0, 0.05) is 19.3 Å². The quantitative estimate of drug-likeness (QED) is 0.823. The van der Waals surface area contributed by atoms with Crippen molar-refractivity contribution < 1.29 is 8.78 Å². The van der Waals surface area contributed by atoms with Crippen LogP contribution in [0.15, 0.2) is 30.6 Å². The van der Waals surface area contributed by atoms with Gasteiger partial charge in [-0.15, -0.1) is 0 Å². The van der Waals surface area contributed by atoms with Crippen LogP contribution in [0.4, 0.5) is 20.2 Å². The Balaban J connectivity index is 2.24. The minimum Gasteiger partial charge on any atom is -0.351 e. The summed E-state index contributed by atoms with van der Waals surface area (Å²) in [6, 6.07) is 3.37. The summed E-state index contributed by atoms with van der Waals surface area (Å²) in [5, 5.41) is 6.71. The number of anilines is 2. The van der Waals surface area contributed by atoms with E-state index in [9.17, 15) is 8.78 Å². The number of nitrogens with one attached hydrogen (secondary N) is 1. The smallest absolute Gasteiger partial charge is 0.149 e. The Hall–Kier alpha value is -1.91. The van der Waals surface area contributed by atoms with Crippen LogP contribution in [0.3, 0.4) is 0 Å². The van der Waals surface area contributed by atoms with Crippen LogP contribution >= 0.6 is 0 Å². The number of nitrogens with zero attached hydrogens (tertiary/aromatic N) is 2. The molecule has 78 valence electrons. The number of benzene rings is 1. The Labute approximate surface area is 85.3 Å². The van der Waals surface area contributed by atoms with Crippen LogP contribution in [0.1, 0.15) is 0 Å². The molecule has 0 aliphatic heterocycles. The second kappa shape index (κ2) is 3.68. The van der Waals surface area contributed by atoms with Gasteiger partial charge in [-0.2, -0.15) is 5.10 Å². The predicted octanol–water partition coefficient (Wildman–Crippen LogP) is 2.44. The maximum Gasteiger partial charge on any atom is 0.149 e. The van der Waals surface area contributed by atoms with E-state index in [1.165, 1.54) is 12.1 Å². The lowest BCUT2D eigenvalue weighted by Gasteiger charge is -2.04. The lowest BCUT2D eigenvalue weighted by atomic mass is 10.3. The highest BCUT2D eigenvalue weighted by molar-refractivity contribution is 5.58. The van der Waals surface area contributed by atoms with Gasteiger partial charge in [-0.1, -0.05) is 0 Å². The Morgan fingerprint density at radius 2 is 2.13 bits per heavy atom. The minimum atomic E-state index is -0.626. The van der Waals surface area contributed by atoms with Crippen LogP contribution in [0.5, 0.6) is 0 Å². The monoisotopic (exact) mass is 209 g/mol. The van der Waals surface area contributed by atoms with Crippen LogP contribution < -0.4 is 5.32 Å². The molecular formula is C10H9F2N3. The van der Waals surface area contributed by atoms with Crippen molar-refractivity contribution in [2.75, 3.05) is 5.32 Å². The Bertz CT molecular complexity index is 479. The number of aryl methyl sites for hydroxylation is 1. The second-order valence-corrected chi connectivity index (χ2v) is 3.15. The van der Waals surface area contributed by atoms with E-state index in [-0.39, 0.29) is 5.69 Å². The third-order valence-electron chi connectivity index (χ3n) is 1.92. The molecule has 0 bridgehead atoms. The standard InChI is InChI=1S/C10H9F2N3/c1-15-6-8(5-13-15)14-10-3-2-7(11)4-9(10)12/h2-6,14H,1H3. The number of hydrogen-bond donors (Lipinski definition) is 1. The van der Waals surface area contributed by atoms with Gasteiger partial charge in [0.15, 0.2) is 0 Å². The molecule has 0 saturated carbocycles. The van der Waals surface area contributed by atoms with E-state index in [0.29, 0.717) is 5.69 Å². The first-order chi connectivity index (χ1) is 7.15. The molecular weight excluding hydrogens is 200 g/mol. The largest absolute Gasteiger partial charge is 0.351 e. The SMILES string of the molecule is Cn1cc(Nc2ccc(F)cc2F)cn1. The molecule has 0 atom stereocenters. The molecule has 0 radical (unpaired) electrons. The normalized spacial score (nSPS) is 10.3. The van der Waals surface area contributed by atoms with Gasteiger partial charge in [-0.25, -0.2) is 8.78 Å². The van der Waals surface area contributed by atoms with Crippen LogP contribution in [-0.2, 0) is 7.05 Å². The highest BCUT2D eigenvalue weighted by Crippen LogP contribution is 2.19. The molecule has 1 aromatic heterocycles. The van der Waals surface area contributed by atoms with Gasteiger partial charge in [-0.05, 0) is 12.1 Å². The molecule has 2 aromatic rings. The molecule has 0 spiro atoms. The van der Waals surface area contributed by atoms with Crippen molar-refractivity contribution in [2.45, 2.75) is 0 Å². The summed E-state index contributed by atoms with van der Waals surface area (Å²) in [4.78, 5) is 0. The topological polar surface area (TPSA) is 29.9 Å². The average Bonchev–Trinajstić information content (AvgIpc) is 2.56. The molecule has 0 aliphatic rings. The molecule has 5 heteroatoms. The molecule has 1 N–H and O–H groups in total. The summed E-state index contributed by atoms with van der Waals surface area (Å²) in [6.45, 7) is 0. The molecule has 1 aromatic carbocycles. The maximum absolute atomic E-state index is 13.2. The number of hydrogen-bond acceptors (Lipinski definition) is 2. The van der Waals surface area contributed by atoms with Crippen molar-refractivity contribution in [1.82, 2.24) is 9.78 Å². The zero-order chi connectivity index (χ0) is 10.8. The molecule has 0 aliphatic carbocycles. The van der Waals surface area contributed by atoms with Gasteiger partial charge in [-0.3, -0.25) is 4.68 Å². The first kappa shape index (κ1) is 9.64. The third kappa shape index (κ3) is 2.12. The first-order valence-electron chi connectivity index (χ1n) is 4.36. The van der Waals surface area contributed by atoms with Crippen LogP contribution in [0.25, 0.3) is 0 Å². The van der Waals surface area contributed by atoms with Crippen molar-refractivity contribution in [2.24, 2.45) is 7.05 Å². The first-order valence-corrected chi connectivity index (χ1v) is 4.36. The van der Waals surface area contributed by atoms with E-state index in [0.717, 1.165) is 6.07 Å². The summed E-state index contributed by atoms with van der Waals surface area (Å²) in [6.07, 6.45) is 3.26. The lowest BCUT2D eigenvalue weighted by molar-refractivity contribution is 0.586. The molecule has 3 nitrogen and oxygen atoms in total. The third-order valence-corrected chi connectivity index (χ3v) is 1.92. The van der Waals surface area contributed by atoms with Gasteiger partial charge in [0.1, 0.15) is 11.6 Å². The zero-order valence-corrected chi connectivity index (χ0v) is 8.04. The molecule has 2 rings (SSSR count). The van der Waals surface area contributed by atoms with E-state index in [4.69, 9.17) is 0 Å². The molecule has 1 heterocycles. The van der Waals surface area contributed by atoms with E-state index in [1.54, 1.807) is 24.1 Å². The van der Waals surface area contributed by atoms with Crippen molar-refractivity contribution in [3.63, 3.8) is 0 Å². The van der Waals surface area contributed by atoms with Crippen LogP contribution in [-0.4, -0.2) is 9.78 Å². The summed E-state index contributed by atoms with van der Waals surface area (Å²) < 4.78 is 27.4. The molecule has 0 fully saturated rings. The highest BCUT2D eigenvalue weighted by atomic mass is 19.1. The molecule has 0 unspecified atom stereocenters. The summed E-state index contributed by atoms with van der Waals surface area (Å²) in [7, 11) is 1.76. The van der Waals surface area contributed by atoms with Gasteiger partial charge >= 0.3 is 0 Å². The second-order valence-electron chi connectivity index (χ2n) is 3.15. The Morgan fingerprint density at radius 3 is 2.73 bits per heavy atom. The highest BCUT2D eigenvalue weighted by Gasteiger charge is 2.04. The number of halogens is 2. The summed E-state index contributed by atoms with van der Waals surface area (Å²) in [5.74, 6) is -1.22. The van der Waals surface area contributed by atoms with E-state index in [2.05, 4.69) is 10.4 Å². The van der Waals surface area contributed by atoms with Gasteiger partial charge in [0.2, 0.25) is 0 Å². The molecule has 0 amide bonds. The van der Waals surface area contributed by atoms with E-state index < -0.39 is 11.6 Å². The maximum atomic E-state index is 13.2. The fraction of sp³-hybridized carbons (Fsp3) is 0.100. The van der Waals surface area contributed by atoms with Crippen molar-refractivity contribution in [1.29, 1.82) is 0 Å². The van der Waals surface area contributed by atoms with E-state index >= 15 is 0 Å². The molecule has 15 heavy (non-hydrogen) atoms. The number of aromatic nitrogens is 2. The van der Waals surface area contributed by atoms with Gasteiger partial charge in [0.25, 0.3) is 0 Å². The minimum absolute atomic E-state index is 0.226. The Morgan fingerprint density at radius 1 is 1.33 bits per heavy atom. The summed E-state index contributed by atoms with van der Waals surface area (Å²) >= 11 is 0. The Kier molecular flexibility index (Phi) is 2.37. The van der Waals surface area contributed by atoms with Gasteiger partial charge in [0.05, 0.1) is 17.6 Å². The van der Waals surface area contributed by atoms with Crippen molar-refractivity contribution in [3.8, 4) is 0 Å². The van der Waals surface area contributed by atoms with Crippen LogP contribution in [0, 0.1) is 11.6 Å². The summed E-state index contributed by atoms with van der Waals surface area (Å²) in [5.41, 5.74) is 0.882. The van der Waals surface area contributed by atoms with Crippen LogP contribution in [0.2, 0.25) is 0 Å². The number of rotatable bonds is 2. The van der Waals surface area contributed by atoms with Crippen molar-refractivity contribution in [3.05, 3.63) is 42.2 Å². The molecule has 0 saturated heterocycles. The van der Waals surface area contributed by atoms with E-state index in [1.807, 2.05) is 0 Å². The zero-order valence-electron chi connectivity index (χ0n) is 8.04. The fourth-order valence-corrected chi connectivity index (χ4v) is 1.23. The lowest BCUT2D eigenvalue weighted by Crippen LogP contribution is -1.93. The predicted molar refractivity (Wildman–Crippen MR) is 52.8 cm³/mol. The average molecular weight is 209 g/mol.